The molecule has 0 aliphatic heterocycles. The van der Waals surface area contributed by atoms with Crippen LogP contribution in [0.15, 0.2) is 23.1 Å². The van der Waals surface area contributed by atoms with Gasteiger partial charge in [0.15, 0.2) is 0 Å². The van der Waals surface area contributed by atoms with Gasteiger partial charge in [0.25, 0.3) is 0 Å². The Morgan fingerprint density at radius 1 is 1.27 bits per heavy atom. The summed E-state index contributed by atoms with van der Waals surface area (Å²) in [7, 11) is -3.51. The van der Waals surface area contributed by atoms with Crippen LogP contribution < -0.4 is 5.32 Å². The number of carbonyl (C=O) groups excluding carboxylic acids is 1. The van der Waals surface area contributed by atoms with Crippen LogP contribution in [-0.4, -0.2) is 31.7 Å². The first-order valence-electron chi connectivity index (χ1n) is 7.81. The Kier molecular flexibility index (Phi) is 5.24. The fraction of sp³-hybridized carbons (Fsp3) is 0.562. The Morgan fingerprint density at radius 2 is 1.91 bits per heavy atom. The Labute approximate surface area is 132 Å². The van der Waals surface area contributed by atoms with Gasteiger partial charge in [-0.05, 0) is 37.5 Å². The standard InChI is InChI=1S/C16H24N2O3S/c1-4-18(5-2)22(20,21)14-10-9-12(3)15(11-14)17-16(19)13-7-6-8-13/h9-11,13H,4-8H2,1-3H3,(H,17,19). The highest BCUT2D eigenvalue weighted by molar-refractivity contribution is 7.89. The summed E-state index contributed by atoms with van der Waals surface area (Å²) >= 11 is 0. The zero-order valence-electron chi connectivity index (χ0n) is 13.4. The normalized spacial score (nSPS) is 15.6. The second kappa shape index (κ2) is 6.79. The first-order chi connectivity index (χ1) is 10.4. The summed E-state index contributed by atoms with van der Waals surface area (Å²) in [4.78, 5) is 12.3. The Hall–Kier alpha value is -1.40. The Balaban J connectivity index is 2.27. The van der Waals surface area contributed by atoms with Crippen LogP contribution in [0.5, 0.6) is 0 Å². The second-order valence-electron chi connectivity index (χ2n) is 5.68. The number of hydrogen-bond acceptors (Lipinski definition) is 3. The summed E-state index contributed by atoms with van der Waals surface area (Å²) in [5, 5.41) is 2.88. The molecule has 0 saturated heterocycles. The van der Waals surface area contributed by atoms with Gasteiger partial charge >= 0.3 is 0 Å². The molecule has 0 heterocycles. The minimum Gasteiger partial charge on any atom is -0.326 e. The quantitative estimate of drug-likeness (QED) is 0.875. The molecule has 5 nitrogen and oxygen atoms in total. The number of amides is 1. The number of hydrogen-bond donors (Lipinski definition) is 1. The number of nitrogens with zero attached hydrogens (tertiary/aromatic N) is 1. The molecule has 1 N–H and O–H groups in total. The fourth-order valence-electron chi connectivity index (χ4n) is 2.51. The maximum Gasteiger partial charge on any atom is 0.243 e. The highest BCUT2D eigenvalue weighted by Gasteiger charge is 2.26. The molecule has 1 fully saturated rings. The van der Waals surface area contributed by atoms with Crippen molar-refractivity contribution in [2.24, 2.45) is 5.92 Å². The summed E-state index contributed by atoms with van der Waals surface area (Å²) in [6.45, 7) is 6.35. The van der Waals surface area contributed by atoms with Gasteiger partial charge in [-0.3, -0.25) is 4.79 Å². The third kappa shape index (κ3) is 3.33. The van der Waals surface area contributed by atoms with Crippen molar-refractivity contribution in [1.82, 2.24) is 4.31 Å². The molecule has 1 aliphatic rings. The molecule has 1 saturated carbocycles. The van der Waals surface area contributed by atoms with E-state index in [-0.39, 0.29) is 16.7 Å². The average molecular weight is 324 g/mol. The molecular weight excluding hydrogens is 300 g/mol. The first kappa shape index (κ1) is 17.0. The van der Waals surface area contributed by atoms with Gasteiger partial charge in [0.05, 0.1) is 4.90 Å². The zero-order valence-corrected chi connectivity index (χ0v) is 14.2. The van der Waals surface area contributed by atoms with Crippen LogP contribution in [-0.2, 0) is 14.8 Å². The summed E-state index contributed by atoms with van der Waals surface area (Å²) < 4.78 is 26.5. The van der Waals surface area contributed by atoms with Gasteiger partial charge in [-0.1, -0.05) is 26.3 Å². The van der Waals surface area contributed by atoms with Gasteiger partial charge in [0, 0.05) is 24.7 Å². The zero-order chi connectivity index (χ0) is 16.3. The van der Waals surface area contributed by atoms with Crippen LogP contribution >= 0.6 is 0 Å². The van der Waals surface area contributed by atoms with Crippen molar-refractivity contribution in [2.45, 2.75) is 44.9 Å². The average Bonchev–Trinajstić information content (AvgIpc) is 2.40. The third-order valence-corrected chi connectivity index (χ3v) is 6.33. The van der Waals surface area contributed by atoms with E-state index in [0.29, 0.717) is 18.8 Å². The summed E-state index contributed by atoms with van der Waals surface area (Å²) in [5.74, 6) is 0.0641. The summed E-state index contributed by atoms with van der Waals surface area (Å²) in [5.41, 5.74) is 1.45. The molecule has 2 rings (SSSR count). The SMILES string of the molecule is CCN(CC)S(=O)(=O)c1ccc(C)c(NC(=O)C2CCC2)c1. The van der Waals surface area contributed by atoms with E-state index in [1.807, 2.05) is 20.8 Å². The topological polar surface area (TPSA) is 66.5 Å². The molecule has 0 atom stereocenters. The van der Waals surface area contributed by atoms with Crippen molar-refractivity contribution < 1.29 is 13.2 Å². The lowest BCUT2D eigenvalue weighted by atomic mass is 9.85. The van der Waals surface area contributed by atoms with Crippen molar-refractivity contribution in [1.29, 1.82) is 0 Å². The van der Waals surface area contributed by atoms with Crippen LogP contribution in [0.25, 0.3) is 0 Å². The Bertz CT molecular complexity index is 647. The van der Waals surface area contributed by atoms with E-state index in [4.69, 9.17) is 0 Å². The molecule has 1 amide bonds. The number of sulfonamides is 1. The highest BCUT2D eigenvalue weighted by Crippen LogP contribution is 2.29. The van der Waals surface area contributed by atoms with Gasteiger partial charge < -0.3 is 5.32 Å². The van der Waals surface area contributed by atoms with E-state index >= 15 is 0 Å². The number of nitrogens with one attached hydrogen (secondary N) is 1. The predicted octanol–water partition coefficient (Wildman–Crippen LogP) is 2.76. The maximum atomic E-state index is 12.6. The predicted molar refractivity (Wildman–Crippen MR) is 87.3 cm³/mol. The smallest absolute Gasteiger partial charge is 0.243 e. The van der Waals surface area contributed by atoms with Crippen LogP contribution in [0.3, 0.4) is 0 Å². The fourth-order valence-corrected chi connectivity index (χ4v) is 4.00. The Morgan fingerprint density at radius 3 is 2.41 bits per heavy atom. The van der Waals surface area contributed by atoms with Gasteiger partial charge in [0.1, 0.15) is 0 Å². The number of benzene rings is 1. The molecule has 0 spiro atoms. The van der Waals surface area contributed by atoms with Crippen molar-refractivity contribution in [3.63, 3.8) is 0 Å². The maximum absolute atomic E-state index is 12.6. The molecule has 0 radical (unpaired) electrons. The molecule has 1 aliphatic carbocycles. The van der Waals surface area contributed by atoms with Crippen molar-refractivity contribution in [3.8, 4) is 0 Å². The van der Waals surface area contributed by atoms with Crippen LogP contribution in [0, 0.1) is 12.8 Å². The number of aryl methyl sites for hydroxylation is 1. The van der Waals surface area contributed by atoms with Crippen molar-refractivity contribution >= 4 is 21.6 Å². The van der Waals surface area contributed by atoms with Crippen LogP contribution in [0.4, 0.5) is 5.69 Å². The molecule has 0 bridgehead atoms. The summed E-state index contributed by atoms with van der Waals surface area (Å²) in [6, 6.07) is 4.91. The lowest BCUT2D eigenvalue weighted by Crippen LogP contribution is -2.31. The van der Waals surface area contributed by atoms with Gasteiger partial charge in [-0.2, -0.15) is 4.31 Å². The molecule has 0 aromatic heterocycles. The molecule has 22 heavy (non-hydrogen) atoms. The van der Waals surface area contributed by atoms with Crippen molar-refractivity contribution in [3.05, 3.63) is 23.8 Å². The molecule has 122 valence electrons. The van der Waals surface area contributed by atoms with Gasteiger partial charge in [0.2, 0.25) is 15.9 Å². The van der Waals surface area contributed by atoms with E-state index in [2.05, 4.69) is 5.32 Å². The number of anilines is 1. The highest BCUT2D eigenvalue weighted by atomic mass is 32.2. The van der Waals surface area contributed by atoms with E-state index in [0.717, 1.165) is 24.8 Å². The van der Waals surface area contributed by atoms with Gasteiger partial charge in [-0.25, -0.2) is 8.42 Å². The monoisotopic (exact) mass is 324 g/mol. The van der Waals surface area contributed by atoms with Crippen LogP contribution in [0.2, 0.25) is 0 Å². The first-order valence-corrected chi connectivity index (χ1v) is 9.25. The minimum absolute atomic E-state index is 0.00765. The second-order valence-corrected chi connectivity index (χ2v) is 7.62. The van der Waals surface area contributed by atoms with E-state index in [1.165, 1.54) is 4.31 Å². The molecule has 1 aromatic rings. The number of rotatable bonds is 6. The molecule has 1 aromatic carbocycles. The largest absolute Gasteiger partial charge is 0.326 e. The van der Waals surface area contributed by atoms with E-state index in [9.17, 15) is 13.2 Å². The third-order valence-electron chi connectivity index (χ3n) is 4.29. The minimum atomic E-state index is -3.51. The molecular formula is C16H24N2O3S. The van der Waals surface area contributed by atoms with Crippen LogP contribution in [0.1, 0.15) is 38.7 Å². The van der Waals surface area contributed by atoms with Gasteiger partial charge in [-0.15, -0.1) is 0 Å². The lowest BCUT2D eigenvalue weighted by Gasteiger charge is -2.25. The van der Waals surface area contributed by atoms with Crippen molar-refractivity contribution in [2.75, 3.05) is 18.4 Å². The van der Waals surface area contributed by atoms with E-state index in [1.54, 1.807) is 18.2 Å². The lowest BCUT2D eigenvalue weighted by molar-refractivity contribution is -0.122. The number of carbonyl (C=O) groups is 1. The molecule has 0 unspecified atom stereocenters. The molecule has 6 heteroatoms. The van der Waals surface area contributed by atoms with E-state index < -0.39 is 10.0 Å². The summed E-state index contributed by atoms with van der Waals surface area (Å²) in [6.07, 6.45) is 2.93.